The number of esters is 1. The molecule has 0 radical (unpaired) electrons. The lowest BCUT2D eigenvalue weighted by molar-refractivity contribution is -0.132. The summed E-state index contributed by atoms with van der Waals surface area (Å²) in [6.45, 7) is 1.36. The number of fused-ring (bicyclic) bond motifs is 3. The Morgan fingerprint density at radius 1 is 1.03 bits per heavy atom. The Hall–Kier alpha value is -3.80. The highest BCUT2D eigenvalue weighted by molar-refractivity contribution is 6.01. The summed E-state index contributed by atoms with van der Waals surface area (Å²) in [7, 11) is 1.55. The van der Waals surface area contributed by atoms with Crippen molar-refractivity contribution in [1.29, 1.82) is 0 Å². The topological polar surface area (TPSA) is 60.4 Å². The molecule has 2 atom stereocenters. The molecule has 0 N–H and O–H groups in total. The molecule has 5 rings (SSSR count). The third-order valence-corrected chi connectivity index (χ3v) is 5.53. The molecule has 3 aromatic rings. The lowest BCUT2D eigenvalue weighted by atomic mass is 9.96. The zero-order valence-corrected chi connectivity index (χ0v) is 17.3. The second-order valence-corrected chi connectivity index (χ2v) is 7.52. The molecule has 3 aromatic carbocycles. The van der Waals surface area contributed by atoms with Crippen LogP contribution in [0.3, 0.4) is 0 Å². The minimum atomic E-state index is -0.429. The van der Waals surface area contributed by atoms with Gasteiger partial charge in [-0.1, -0.05) is 48.5 Å². The SMILES string of the molecule is COc1cc([C@H]2Oc3ccccc3[C@H]3CC(c4ccccc4)=NN32)ccc1OC(C)=O. The summed E-state index contributed by atoms with van der Waals surface area (Å²) in [6.07, 6.45) is 0.366. The van der Waals surface area contributed by atoms with E-state index < -0.39 is 12.2 Å². The van der Waals surface area contributed by atoms with Crippen molar-refractivity contribution in [3.8, 4) is 17.2 Å². The van der Waals surface area contributed by atoms with Crippen molar-refractivity contribution in [1.82, 2.24) is 5.01 Å². The Balaban J connectivity index is 1.57. The summed E-state index contributed by atoms with van der Waals surface area (Å²) < 4.78 is 17.1. The summed E-state index contributed by atoms with van der Waals surface area (Å²) in [5, 5.41) is 6.98. The standard InChI is InChI=1S/C25H22N2O4/c1-16(28)30-23-13-12-18(14-24(23)29-2)25-27-21(19-10-6-7-11-22(19)31-25)15-20(26-27)17-8-4-3-5-9-17/h3-14,21,25H,15H2,1-2H3/t21-,25-/m1/s1. The maximum Gasteiger partial charge on any atom is 0.308 e. The molecular weight excluding hydrogens is 392 g/mol. The number of rotatable bonds is 4. The van der Waals surface area contributed by atoms with Gasteiger partial charge in [-0.2, -0.15) is 5.10 Å². The van der Waals surface area contributed by atoms with Gasteiger partial charge >= 0.3 is 5.97 Å². The van der Waals surface area contributed by atoms with E-state index in [1.165, 1.54) is 6.92 Å². The van der Waals surface area contributed by atoms with Crippen LogP contribution in [0.25, 0.3) is 0 Å². The Bertz CT molecular complexity index is 1160. The maximum atomic E-state index is 11.4. The molecule has 0 amide bonds. The minimum absolute atomic E-state index is 0.0734. The second kappa shape index (κ2) is 7.80. The van der Waals surface area contributed by atoms with Crippen LogP contribution in [0.5, 0.6) is 17.2 Å². The number of hydrogen-bond acceptors (Lipinski definition) is 6. The van der Waals surface area contributed by atoms with E-state index in [0.717, 1.165) is 34.6 Å². The molecule has 2 heterocycles. The van der Waals surface area contributed by atoms with E-state index in [1.807, 2.05) is 53.5 Å². The number of ether oxygens (including phenoxy) is 3. The molecule has 6 heteroatoms. The molecule has 0 aliphatic carbocycles. The first kappa shape index (κ1) is 19.2. The van der Waals surface area contributed by atoms with Gasteiger partial charge in [0, 0.05) is 24.5 Å². The van der Waals surface area contributed by atoms with E-state index in [2.05, 4.69) is 18.2 Å². The smallest absolute Gasteiger partial charge is 0.308 e. The van der Waals surface area contributed by atoms with Crippen molar-refractivity contribution in [2.24, 2.45) is 5.10 Å². The number of carbonyl (C=O) groups is 1. The molecule has 0 fully saturated rings. The van der Waals surface area contributed by atoms with E-state index >= 15 is 0 Å². The normalized spacial score (nSPS) is 19.0. The van der Waals surface area contributed by atoms with Crippen molar-refractivity contribution >= 4 is 11.7 Å². The number of hydrazone groups is 1. The van der Waals surface area contributed by atoms with E-state index in [0.29, 0.717) is 11.5 Å². The second-order valence-electron chi connectivity index (χ2n) is 7.52. The summed E-state index contributed by atoms with van der Waals surface area (Å²) in [4.78, 5) is 11.4. The largest absolute Gasteiger partial charge is 0.493 e. The average Bonchev–Trinajstić information content (AvgIpc) is 3.25. The monoisotopic (exact) mass is 414 g/mol. The quantitative estimate of drug-likeness (QED) is 0.451. The summed E-state index contributed by atoms with van der Waals surface area (Å²) in [5.41, 5.74) is 4.12. The van der Waals surface area contributed by atoms with Gasteiger partial charge in [0.15, 0.2) is 11.5 Å². The molecule has 6 nitrogen and oxygen atoms in total. The molecule has 0 aromatic heterocycles. The van der Waals surface area contributed by atoms with Crippen molar-refractivity contribution in [3.05, 3.63) is 89.5 Å². The van der Waals surface area contributed by atoms with Gasteiger partial charge in [-0.05, 0) is 29.8 Å². The van der Waals surface area contributed by atoms with Crippen LogP contribution < -0.4 is 14.2 Å². The van der Waals surface area contributed by atoms with Crippen molar-refractivity contribution in [2.75, 3.05) is 7.11 Å². The number of carbonyl (C=O) groups excluding carboxylic acids is 1. The first-order chi connectivity index (χ1) is 15.1. The van der Waals surface area contributed by atoms with Crippen LogP contribution in [0.4, 0.5) is 0 Å². The van der Waals surface area contributed by atoms with E-state index in [4.69, 9.17) is 19.3 Å². The van der Waals surface area contributed by atoms with Crippen molar-refractivity contribution in [3.63, 3.8) is 0 Å². The van der Waals surface area contributed by atoms with E-state index in [1.54, 1.807) is 13.2 Å². The van der Waals surface area contributed by atoms with Gasteiger partial charge in [0.05, 0.1) is 18.9 Å². The molecule has 0 unspecified atom stereocenters. The zero-order chi connectivity index (χ0) is 21.4. The fraction of sp³-hybridized carbons (Fsp3) is 0.200. The van der Waals surface area contributed by atoms with Gasteiger partial charge in [0.2, 0.25) is 6.23 Å². The molecule has 0 spiro atoms. The van der Waals surface area contributed by atoms with Crippen LogP contribution in [0, 0.1) is 0 Å². The number of benzene rings is 3. The van der Waals surface area contributed by atoms with Crippen LogP contribution in [-0.2, 0) is 4.79 Å². The fourth-order valence-corrected chi connectivity index (χ4v) is 4.14. The Labute approximate surface area is 180 Å². The van der Waals surface area contributed by atoms with Gasteiger partial charge < -0.3 is 14.2 Å². The van der Waals surface area contributed by atoms with Crippen LogP contribution in [0.2, 0.25) is 0 Å². The summed E-state index contributed by atoms with van der Waals surface area (Å²) >= 11 is 0. The molecule has 0 saturated heterocycles. The third kappa shape index (κ3) is 3.50. The Kier molecular flexibility index (Phi) is 4.82. The predicted molar refractivity (Wildman–Crippen MR) is 116 cm³/mol. The van der Waals surface area contributed by atoms with E-state index in [-0.39, 0.29) is 6.04 Å². The molecule has 0 saturated carbocycles. The molecule has 0 bridgehead atoms. The van der Waals surface area contributed by atoms with Crippen LogP contribution in [-0.4, -0.2) is 23.8 Å². The van der Waals surface area contributed by atoms with E-state index in [9.17, 15) is 4.79 Å². The highest BCUT2D eigenvalue weighted by atomic mass is 16.6. The highest BCUT2D eigenvalue weighted by Crippen LogP contribution is 2.48. The first-order valence-electron chi connectivity index (χ1n) is 10.2. The molecule has 31 heavy (non-hydrogen) atoms. The fourth-order valence-electron chi connectivity index (χ4n) is 4.14. The van der Waals surface area contributed by atoms with Gasteiger partial charge in [-0.15, -0.1) is 0 Å². The van der Waals surface area contributed by atoms with Gasteiger partial charge in [-0.3, -0.25) is 4.79 Å². The third-order valence-electron chi connectivity index (χ3n) is 5.53. The number of methoxy groups -OCH3 is 1. The predicted octanol–water partition coefficient (Wildman–Crippen LogP) is 4.86. The summed E-state index contributed by atoms with van der Waals surface area (Å²) in [5.74, 6) is 1.30. The van der Waals surface area contributed by atoms with Crippen molar-refractivity contribution < 1.29 is 19.0 Å². The van der Waals surface area contributed by atoms with Crippen LogP contribution in [0.15, 0.2) is 77.9 Å². The number of nitrogens with zero attached hydrogens (tertiary/aromatic N) is 2. The summed E-state index contributed by atoms with van der Waals surface area (Å²) in [6, 6.07) is 23.8. The Morgan fingerprint density at radius 2 is 1.81 bits per heavy atom. The van der Waals surface area contributed by atoms with Gasteiger partial charge in [0.25, 0.3) is 0 Å². The minimum Gasteiger partial charge on any atom is -0.493 e. The molecular formula is C25H22N2O4. The average molecular weight is 414 g/mol. The molecule has 2 aliphatic rings. The zero-order valence-electron chi connectivity index (χ0n) is 17.3. The maximum absolute atomic E-state index is 11.4. The van der Waals surface area contributed by atoms with Gasteiger partial charge in [-0.25, -0.2) is 5.01 Å². The highest BCUT2D eigenvalue weighted by Gasteiger charge is 2.41. The lowest BCUT2D eigenvalue weighted by Gasteiger charge is -2.38. The first-order valence-corrected chi connectivity index (χ1v) is 10.2. The molecule has 2 aliphatic heterocycles. The number of para-hydroxylation sites is 1. The molecule has 156 valence electrons. The van der Waals surface area contributed by atoms with Crippen molar-refractivity contribution in [2.45, 2.75) is 25.6 Å². The van der Waals surface area contributed by atoms with Crippen LogP contribution >= 0.6 is 0 Å². The van der Waals surface area contributed by atoms with Gasteiger partial charge in [0.1, 0.15) is 5.75 Å². The number of hydrogen-bond donors (Lipinski definition) is 0. The van der Waals surface area contributed by atoms with Crippen LogP contribution in [0.1, 0.15) is 42.3 Å². The lowest BCUT2D eigenvalue weighted by Crippen LogP contribution is -2.33. The Morgan fingerprint density at radius 3 is 2.58 bits per heavy atom.